The van der Waals surface area contributed by atoms with E-state index in [2.05, 4.69) is 10.2 Å². The fraction of sp³-hybridized carbons (Fsp3) is 0.316. The van der Waals surface area contributed by atoms with Gasteiger partial charge in [-0.3, -0.25) is 0 Å². The number of ether oxygens (including phenoxy) is 2. The predicted octanol–water partition coefficient (Wildman–Crippen LogP) is 3.73. The van der Waals surface area contributed by atoms with Crippen LogP contribution in [0.2, 0.25) is 5.02 Å². The van der Waals surface area contributed by atoms with Crippen molar-refractivity contribution in [1.29, 1.82) is 0 Å². The van der Waals surface area contributed by atoms with E-state index in [1.165, 1.54) is 0 Å². The van der Waals surface area contributed by atoms with Crippen LogP contribution in [-0.2, 0) is 0 Å². The molecule has 0 aromatic heterocycles. The summed E-state index contributed by atoms with van der Waals surface area (Å²) < 4.78 is 10.8. The second-order valence-electron chi connectivity index (χ2n) is 6.37. The third kappa shape index (κ3) is 3.24. The van der Waals surface area contributed by atoms with E-state index in [-0.39, 0.29) is 12.8 Å². The highest BCUT2D eigenvalue weighted by Crippen LogP contribution is 2.35. The van der Waals surface area contributed by atoms with Crippen molar-refractivity contribution in [2.45, 2.75) is 6.92 Å². The van der Waals surface area contributed by atoms with Crippen molar-refractivity contribution in [3.05, 3.63) is 47.0 Å². The number of fused-ring (bicyclic) bond motifs is 1. The zero-order chi connectivity index (χ0) is 18.1. The molecule has 0 atom stereocenters. The van der Waals surface area contributed by atoms with Gasteiger partial charge in [0.2, 0.25) is 6.79 Å². The van der Waals surface area contributed by atoms with E-state index < -0.39 is 0 Å². The number of halogens is 1. The quantitative estimate of drug-likeness (QED) is 0.871. The summed E-state index contributed by atoms with van der Waals surface area (Å²) in [7, 11) is 0. The first kappa shape index (κ1) is 16.8. The lowest BCUT2D eigenvalue weighted by atomic mass is 10.2. The van der Waals surface area contributed by atoms with Crippen LogP contribution in [-0.4, -0.2) is 43.9 Å². The highest BCUT2D eigenvalue weighted by molar-refractivity contribution is 6.33. The molecular formula is C19H20ClN3O3. The second kappa shape index (κ2) is 6.96. The molecule has 2 amide bonds. The fourth-order valence-electron chi connectivity index (χ4n) is 3.23. The van der Waals surface area contributed by atoms with Gasteiger partial charge in [0.25, 0.3) is 0 Å². The van der Waals surface area contributed by atoms with Crippen LogP contribution >= 0.6 is 11.6 Å². The molecule has 2 aliphatic heterocycles. The average molecular weight is 374 g/mol. The maximum atomic E-state index is 12.6. The van der Waals surface area contributed by atoms with Crippen molar-refractivity contribution >= 4 is 29.0 Å². The van der Waals surface area contributed by atoms with E-state index in [9.17, 15) is 4.79 Å². The van der Waals surface area contributed by atoms with E-state index in [0.717, 1.165) is 35.8 Å². The molecule has 0 bridgehead atoms. The topological polar surface area (TPSA) is 54.0 Å². The molecule has 2 aromatic rings. The molecule has 0 unspecified atom stereocenters. The fourth-order valence-corrected chi connectivity index (χ4v) is 3.49. The lowest BCUT2D eigenvalue weighted by Crippen LogP contribution is -2.50. The van der Waals surface area contributed by atoms with Crippen LogP contribution < -0.4 is 19.7 Å². The lowest BCUT2D eigenvalue weighted by Gasteiger charge is -2.36. The molecule has 0 saturated carbocycles. The molecule has 7 heteroatoms. The Morgan fingerprint density at radius 3 is 2.62 bits per heavy atom. The number of carbonyl (C=O) groups is 1. The number of urea groups is 1. The van der Waals surface area contributed by atoms with Crippen molar-refractivity contribution in [1.82, 2.24) is 4.90 Å². The monoisotopic (exact) mass is 373 g/mol. The standard InChI is InChI=1S/C19H20ClN3O3/c1-13-3-2-4-15(20)18(13)21-19(24)23-9-7-22(8-10-23)14-5-6-16-17(11-14)26-12-25-16/h2-6,11H,7-10,12H2,1H3,(H,21,24). The summed E-state index contributed by atoms with van der Waals surface area (Å²) in [5.41, 5.74) is 2.71. The van der Waals surface area contributed by atoms with Crippen LogP contribution in [0.4, 0.5) is 16.2 Å². The van der Waals surface area contributed by atoms with Crippen LogP contribution in [0, 0.1) is 6.92 Å². The molecule has 136 valence electrons. The second-order valence-corrected chi connectivity index (χ2v) is 6.78. The number of hydrogen-bond donors (Lipinski definition) is 1. The number of para-hydroxylation sites is 1. The van der Waals surface area contributed by atoms with Gasteiger partial charge in [0.05, 0.1) is 10.7 Å². The molecule has 0 aliphatic carbocycles. The molecule has 1 N–H and O–H groups in total. The number of anilines is 2. The minimum atomic E-state index is -0.119. The third-order valence-corrected chi connectivity index (χ3v) is 5.06. The van der Waals surface area contributed by atoms with Gasteiger partial charge >= 0.3 is 6.03 Å². The molecule has 0 radical (unpaired) electrons. The SMILES string of the molecule is Cc1cccc(Cl)c1NC(=O)N1CCN(c2ccc3c(c2)OCO3)CC1. The summed E-state index contributed by atoms with van der Waals surface area (Å²) >= 11 is 6.20. The van der Waals surface area contributed by atoms with E-state index in [1.54, 1.807) is 6.07 Å². The summed E-state index contributed by atoms with van der Waals surface area (Å²) in [6.45, 7) is 5.00. The molecule has 6 nitrogen and oxygen atoms in total. The highest BCUT2D eigenvalue weighted by Gasteiger charge is 2.23. The van der Waals surface area contributed by atoms with Gasteiger partial charge in [-0.1, -0.05) is 23.7 Å². The van der Waals surface area contributed by atoms with Gasteiger partial charge in [-0.2, -0.15) is 0 Å². The number of rotatable bonds is 2. The number of nitrogens with one attached hydrogen (secondary N) is 1. The summed E-state index contributed by atoms with van der Waals surface area (Å²) in [5, 5.41) is 3.49. The van der Waals surface area contributed by atoms with E-state index in [4.69, 9.17) is 21.1 Å². The molecule has 1 saturated heterocycles. The zero-order valence-electron chi connectivity index (χ0n) is 14.5. The largest absolute Gasteiger partial charge is 0.454 e. The lowest BCUT2D eigenvalue weighted by molar-refractivity contribution is 0.174. The van der Waals surface area contributed by atoms with Crippen LogP contribution in [0.5, 0.6) is 11.5 Å². The number of carbonyl (C=O) groups excluding carboxylic acids is 1. The Hall–Kier alpha value is -2.60. The Kier molecular flexibility index (Phi) is 4.51. The van der Waals surface area contributed by atoms with Crippen molar-refractivity contribution in [3.8, 4) is 11.5 Å². The van der Waals surface area contributed by atoms with Crippen molar-refractivity contribution < 1.29 is 14.3 Å². The van der Waals surface area contributed by atoms with Gasteiger partial charge in [-0.05, 0) is 30.7 Å². The Morgan fingerprint density at radius 2 is 1.85 bits per heavy atom. The van der Waals surface area contributed by atoms with Gasteiger partial charge < -0.3 is 24.6 Å². The zero-order valence-corrected chi connectivity index (χ0v) is 15.3. The normalized spacial score (nSPS) is 15.9. The van der Waals surface area contributed by atoms with Crippen molar-refractivity contribution in [2.24, 2.45) is 0 Å². The highest BCUT2D eigenvalue weighted by atomic mass is 35.5. The van der Waals surface area contributed by atoms with Crippen LogP contribution in [0.15, 0.2) is 36.4 Å². The molecule has 2 aliphatic rings. The molecule has 2 heterocycles. The van der Waals surface area contributed by atoms with Crippen LogP contribution in [0.3, 0.4) is 0 Å². The summed E-state index contributed by atoms with van der Waals surface area (Å²) in [4.78, 5) is 16.6. The van der Waals surface area contributed by atoms with E-state index in [1.807, 2.05) is 42.2 Å². The third-order valence-electron chi connectivity index (χ3n) is 4.74. The maximum absolute atomic E-state index is 12.6. The molecule has 4 rings (SSSR count). The first-order chi connectivity index (χ1) is 12.6. The summed E-state index contributed by atoms with van der Waals surface area (Å²) in [6, 6.07) is 11.4. The van der Waals surface area contributed by atoms with Gasteiger partial charge in [0.15, 0.2) is 11.5 Å². The minimum absolute atomic E-state index is 0.119. The number of amides is 2. The van der Waals surface area contributed by atoms with Gasteiger partial charge in [-0.25, -0.2) is 4.79 Å². The van der Waals surface area contributed by atoms with Gasteiger partial charge in [-0.15, -0.1) is 0 Å². The Morgan fingerprint density at radius 1 is 1.08 bits per heavy atom. The number of benzene rings is 2. The molecule has 26 heavy (non-hydrogen) atoms. The first-order valence-corrected chi connectivity index (χ1v) is 8.95. The molecule has 1 fully saturated rings. The van der Waals surface area contributed by atoms with Crippen LogP contribution in [0.25, 0.3) is 0 Å². The molecule has 0 spiro atoms. The first-order valence-electron chi connectivity index (χ1n) is 8.57. The molecule has 2 aromatic carbocycles. The van der Waals surface area contributed by atoms with Crippen molar-refractivity contribution in [3.63, 3.8) is 0 Å². The number of hydrogen-bond acceptors (Lipinski definition) is 4. The van der Waals surface area contributed by atoms with Gasteiger partial charge in [0, 0.05) is 37.9 Å². The number of nitrogens with zero attached hydrogens (tertiary/aromatic N) is 2. The predicted molar refractivity (Wildman–Crippen MR) is 102 cm³/mol. The maximum Gasteiger partial charge on any atom is 0.322 e. The summed E-state index contributed by atoms with van der Waals surface area (Å²) in [6.07, 6.45) is 0. The number of piperazine rings is 1. The Bertz CT molecular complexity index is 815. The summed E-state index contributed by atoms with van der Waals surface area (Å²) in [5.74, 6) is 1.55. The Labute approximate surface area is 157 Å². The number of aryl methyl sites for hydroxylation is 1. The molecular weight excluding hydrogens is 354 g/mol. The Balaban J connectivity index is 1.38. The van der Waals surface area contributed by atoms with E-state index >= 15 is 0 Å². The average Bonchev–Trinajstić information content (AvgIpc) is 3.12. The van der Waals surface area contributed by atoms with Gasteiger partial charge in [0.1, 0.15) is 0 Å². The smallest absolute Gasteiger partial charge is 0.322 e. The van der Waals surface area contributed by atoms with Crippen LogP contribution in [0.1, 0.15) is 5.56 Å². The van der Waals surface area contributed by atoms with E-state index in [0.29, 0.717) is 23.8 Å². The minimum Gasteiger partial charge on any atom is -0.454 e. The van der Waals surface area contributed by atoms with Crippen molar-refractivity contribution in [2.75, 3.05) is 43.2 Å².